The van der Waals surface area contributed by atoms with Gasteiger partial charge in [0.1, 0.15) is 10.7 Å². The van der Waals surface area contributed by atoms with Crippen molar-refractivity contribution in [3.8, 4) is 5.88 Å². The number of nitrogens with zero attached hydrogens (tertiary/aromatic N) is 3. The second-order valence-electron chi connectivity index (χ2n) is 9.16. The van der Waals surface area contributed by atoms with E-state index < -0.39 is 20.5 Å². The molecular weight excluding hydrogens is 433 g/mol. The summed E-state index contributed by atoms with van der Waals surface area (Å²) in [6.07, 6.45) is 2.82. The van der Waals surface area contributed by atoms with Crippen molar-refractivity contribution in [1.29, 1.82) is 0 Å². The first-order valence-electron chi connectivity index (χ1n) is 10.6. The molecule has 3 heterocycles. The van der Waals surface area contributed by atoms with E-state index in [2.05, 4.69) is 30.3 Å². The van der Waals surface area contributed by atoms with Crippen LogP contribution >= 0.6 is 0 Å². The van der Waals surface area contributed by atoms with Gasteiger partial charge in [-0.3, -0.25) is 0 Å². The lowest BCUT2D eigenvalue weighted by Crippen LogP contribution is -2.25. The summed E-state index contributed by atoms with van der Waals surface area (Å²) in [6.45, 7) is 8.58. The van der Waals surface area contributed by atoms with E-state index in [0.717, 1.165) is 56.2 Å². The average molecular weight is 462 g/mol. The number of imidazole rings is 1. The second kappa shape index (κ2) is 8.44. The lowest BCUT2D eigenvalue weighted by molar-refractivity contribution is 0.0611. The van der Waals surface area contributed by atoms with Gasteiger partial charge in [-0.15, -0.1) is 0 Å². The number of fused-ring (bicyclic) bond motifs is 1. The summed E-state index contributed by atoms with van der Waals surface area (Å²) in [5, 5.41) is 0. The first-order chi connectivity index (χ1) is 15.1. The van der Waals surface area contributed by atoms with Crippen molar-refractivity contribution in [2.24, 2.45) is 5.92 Å². The number of hydrogen-bond donors (Lipinski definition) is 0. The molecule has 2 aromatic heterocycles. The van der Waals surface area contributed by atoms with Crippen LogP contribution in [0, 0.1) is 11.7 Å². The Balaban J connectivity index is 1.81. The maximum absolute atomic E-state index is 14.4. The number of pyridine rings is 1. The highest BCUT2D eigenvalue weighted by Crippen LogP contribution is 2.32. The zero-order valence-electron chi connectivity index (χ0n) is 18.8. The standard InChI is InChI=1S/C23H28FN3O4S/c1-23(2,3)22-26-18-11-16(32(28,29)20-12-21(30-4)25-13-17(20)24)5-6-19(18)27(22)14-15-7-9-31-10-8-15/h5-6,11-13,15H,7-10,14H2,1-4H3. The van der Waals surface area contributed by atoms with Crippen molar-refractivity contribution in [3.63, 3.8) is 0 Å². The molecule has 0 saturated carbocycles. The zero-order valence-corrected chi connectivity index (χ0v) is 19.6. The molecule has 4 rings (SSSR count). The number of rotatable bonds is 5. The zero-order chi connectivity index (χ0) is 23.1. The first kappa shape index (κ1) is 22.7. The lowest BCUT2D eigenvalue weighted by atomic mass is 9.94. The van der Waals surface area contributed by atoms with Crippen molar-refractivity contribution in [3.05, 3.63) is 42.1 Å². The molecule has 7 nitrogen and oxygen atoms in total. The van der Waals surface area contributed by atoms with Crippen LogP contribution in [0.1, 0.15) is 39.4 Å². The third kappa shape index (κ3) is 4.23. The van der Waals surface area contributed by atoms with Gasteiger partial charge in [0.05, 0.1) is 29.2 Å². The molecule has 1 aliphatic heterocycles. The van der Waals surface area contributed by atoms with Gasteiger partial charge < -0.3 is 14.0 Å². The maximum Gasteiger partial charge on any atom is 0.214 e. The Bertz CT molecular complexity index is 1240. The summed E-state index contributed by atoms with van der Waals surface area (Å²) in [4.78, 5) is 8.04. The Morgan fingerprint density at radius 2 is 1.94 bits per heavy atom. The highest BCUT2D eigenvalue weighted by atomic mass is 32.2. The fourth-order valence-electron chi connectivity index (χ4n) is 4.07. The molecule has 0 bridgehead atoms. The number of benzene rings is 1. The second-order valence-corrected chi connectivity index (χ2v) is 11.1. The van der Waals surface area contributed by atoms with Gasteiger partial charge in [0, 0.05) is 31.2 Å². The van der Waals surface area contributed by atoms with E-state index in [1.807, 2.05) is 0 Å². The third-order valence-electron chi connectivity index (χ3n) is 5.78. The van der Waals surface area contributed by atoms with Gasteiger partial charge in [0.25, 0.3) is 0 Å². The van der Waals surface area contributed by atoms with Crippen LogP contribution in [0.5, 0.6) is 5.88 Å². The molecule has 9 heteroatoms. The van der Waals surface area contributed by atoms with Gasteiger partial charge in [0.15, 0.2) is 5.82 Å². The van der Waals surface area contributed by atoms with Crippen molar-refractivity contribution in [1.82, 2.24) is 14.5 Å². The molecule has 0 unspecified atom stereocenters. The molecule has 0 N–H and O–H groups in total. The molecule has 1 fully saturated rings. The van der Waals surface area contributed by atoms with E-state index in [1.165, 1.54) is 19.2 Å². The molecule has 32 heavy (non-hydrogen) atoms. The van der Waals surface area contributed by atoms with Crippen LogP contribution in [0.15, 0.2) is 40.3 Å². The van der Waals surface area contributed by atoms with E-state index in [1.54, 1.807) is 6.07 Å². The Hall–Kier alpha value is -2.52. The number of ether oxygens (including phenoxy) is 2. The maximum atomic E-state index is 14.4. The van der Waals surface area contributed by atoms with Gasteiger partial charge in [-0.2, -0.15) is 0 Å². The molecule has 0 aliphatic carbocycles. The van der Waals surface area contributed by atoms with E-state index in [9.17, 15) is 12.8 Å². The molecule has 0 spiro atoms. The number of methoxy groups -OCH3 is 1. The average Bonchev–Trinajstić information content (AvgIpc) is 3.13. The Labute approximate surface area is 187 Å². The summed E-state index contributed by atoms with van der Waals surface area (Å²) >= 11 is 0. The minimum Gasteiger partial charge on any atom is -0.481 e. The highest BCUT2D eigenvalue weighted by molar-refractivity contribution is 7.91. The quantitative estimate of drug-likeness (QED) is 0.568. The van der Waals surface area contributed by atoms with Crippen LogP contribution in [0.25, 0.3) is 11.0 Å². The smallest absolute Gasteiger partial charge is 0.214 e. The van der Waals surface area contributed by atoms with Crippen LogP contribution in [0.2, 0.25) is 0 Å². The Morgan fingerprint density at radius 3 is 2.59 bits per heavy atom. The van der Waals surface area contributed by atoms with Gasteiger partial charge >= 0.3 is 0 Å². The summed E-state index contributed by atoms with van der Waals surface area (Å²) in [6, 6.07) is 5.89. The van der Waals surface area contributed by atoms with Crippen LogP contribution in [0.3, 0.4) is 0 Å². The highest BCUT2D eigenvalue weighted by Gasteiger charge is 2.28. The van der Waals surface area contributed by atoms with E-state index in [0.29, 0.717) is 11.4 Å². The van der Waals surface area contributed by atoms with Crippen LogP contribution in [-0.4, -0.2) is 43.3 Å². The topological polar surface area (TPSA) is 83.3 Å². The van der Waals surface area contributed by atoms with Gasteiger partial charge in [0.2, 0.25) is 15.7 Å². The molecule has 0 amide bonds. The van der Waals surface area contributed by atoms with Gasteiger partial charge in [-0.05, 0) is 37.0 Å². The van der Waals surface area contributed by atoms with E-state index >= 15 is 0 Å². The van der Waals surface area contributed by atoms with Crippen molar-refractivity contribution in [2.75, 3.05) is 20.3 Å². The van der Waals surface area contributed by atoms with Crippen molar-refractivity contribution in [2.45, 2.75) is 55.4 Å². The summed E-state index contributed by atoms with van der Waals surface area (Å²) in [7, 11) is -2.77. The summed E-state index contributed by atoms with van der Waals surface area (Å²) in [5.74, 6) is 0.475. The first-order valence-corrected chi connectivity index (χ1v) is 12.1. The number of sulfone groups is 1. The van der Waals surface area contributed by atoms with Gasteiger partial charge in [-0.25, -0.2) is 22.8 Å². The van der Waals surface area contributed by atoms with Crippen molar-refractivity contribution >= 4 is 20.9 Å². The minimum atomic E-state index is -4.12. The molecule has 1 aromatic carbocycles. The van der Waals surface area contributed by atoms with Crippen LogP contribution < -0.4 is 4.74 Å². The van der Waals surface area contributed by atoms with Crippen LogP contribution in [-0.2, 0) is 26.5 Å². The van der Waals surface area contributed by atoms with Crippen LogP contribution in [0.4, 0.5) is 4.39 Å². The predicted octanol–water partition coefficient (Wildman–Crippen LogP) is 4.14. The van der Waals surface area contributed by atoms with E-state index in [4.69, 9.17) is 14.5 Å². The molecular formula is C23H28FN3O4S. The van der Waals surface area contributed by atoms with Crippen molar-refractivity contribution < 1.29 is 22.3 Å². The largest absolute Gasteiger partial charge is 0.481 e. The fourth-order valence-corrected chi connectivity index (χ4v) is 5.40. The minimum absolute atomic E-state index is 0.0201. The third-order valence-corrected chi connectivity index (χ3v) is 7.54. The Morgan fingerprint density at radius 1 is 1.22 bits per heavy atom. The SMILES string of the molecule is COc1cc(S(=O)(=O)c2ccc3c(c2)nc(C(C)(C)C)n3CC2CCOCC2)c(F)cn1. The fraction of sp³-hybridized carbons (Fsp3) is 0.478. The number of aromatic nitrogens is 3. The Kier molecular flexibility index (Phi) is 5.98. The molecule has 3 aromatic rings. The monoisotopic (exact) mass is 461 g/mol. The summed E-state index contributed by atoms with van der Waals surface area (Å²) < 4.78 is 53.4. The normalized spacial score (nSPS) is 15.9. The number of halogens is 1. The van der Waals surface area contributed by atoms with Gasteiger partial charge in [-0.1, -0.05) is 20.8 Å². The molecule has 1 saturated heterocycles. The number of hydrogen-bond acceptors (Lipinski definition) is 6. The molecule has 0 atom stereocenters. The lowest BCUT2D eigenvalue weighted by Gasteiger charge is -2.26. The molecule has 0 radical (unpaired) electrons. The van der Waals surface area contributed by atoms with E-state index in [-0.39, 0.29) is 16.2 Å². The molecule has 1 aliphatic rings. The predicted molar refractivity (Wildman–Crippen MR) is 118 cm³/mol. The molecule has 172 valence electrons. The summed E-state index contributed by atoms with van der Waals surface area (Å²) in [5.41, 5.74) is 1.21.